The van der Waals surface area contributed by atoms with Crippen molar-refractivity contribution >= 4 is 0 Å². The number of ether oxygens (including phenoxy) is 3. The van der Waals surface area contributed by atoms with E-state index in [-0.39, 0.29) is 53.1 Å². The van der Waals surface area contributed by atoms with Crippen molar-refractivity contribution in [3.8, 4) is 11.5 Å². The summed E-state index contributed by atoms with van der Waals surface area (Å²) in [6.45, 7) is 4.54. The fourth-order valence-electron chi connectivity index (χ4n) is 7.09. The lowest BCUT2D eigenvalue weighted by Crippen LogP contribution is -2.22. The van der Waals surface area contributed by atoms with Crippen LogP contribution in [0.15, 0.2) is 36.4 Å². The van der Waals surface area contributed by atoms with Crippen LogP contribution in [0.5, 0.6) is 11.5 Å². The van der Waals surface area contributed by atoms with Gasteiger partial charge in [0, 0.05) is 5.56 Å². The second-order valence-corrected chi connectivity index (χ2v) is 13.2. The lowest BCUT2D eigenvalue weighted by molar-refractivity contribution is 0.0116. The van der Waals surface area contributed by atoms with Crippen molar-refractivity contribution < 1.29 is 40.6 Å². The van der Waals surface area contributed by atoms with Gasteiger partial charge < -0.3 is 14.2 Å². The third-order valence-electron chi connectivity index (χ3n) is 10.1. The van der Waals surface area contributed by atoms with Crippen LogP contribution in [0.4, 0.5) is 26.3 Å². The van der Waals surface area contributed by atoms with Gasteiger partial charge in [-0.3, -0.25) is 0 Å². The van der Waals surface area contributed by atoms with Crippen LogP contribution in [0.1, 0.15) is 131 Å². The highest BCUT2D eigenvalue weighted by atomic mass is 19.2. The van der Waals surface area contributed by atoms with Crippen LogP contribution in [0.2, 0.25) is 0 Å². The molecule has 0 aromatic heterocycles. The van der Waals surface area contributed by atoms with E-state index in [0.29, 0.717) is 75.7 Å². The Morgan fingerprint density at radius 1 is 0.500 bits per heavy atom. The fourth-order valence-corrected chi connectivity index (χ4v) is 7.09. The molecule has 0 heterocycles. The van der Waals surface area contributed by atoms with Crippen molar-refractivity contribution in [1.29, 1.82) is 0 Å². The van der Waals surface area contributed by atoms with Crippen LogP contribution in [-0.2, 0) is 11.3 Å². The smallest absolute Gasteiger partial charge is 0.200 e. The van der Waals surface area contributed by atoms with Gasteiger partial charge in [0.2, 0.25) is 11.6 Å². The van der Waals surface area contributed by atoms with Crippen LogP contribution in [0, 0.1) is 34.9 Å². The highest BCUT2D eigenvalue weighted by molar-refractivity contribution is 5.35. The Morgan fingerprint density at radius 2 is 0.896 bits per heavy atom. The predicted molar refractivity (Wildman–Crippen MR) is 174 cm³/mol. The fraction of sp³-hybridized carbons (Fsp3) is 0.538. The summed E-state index contributed by atoms with van der Waals surface area (Å²) in [6.07, 6.45) is 7.53. The Kier molecular flexibility index (Phi) is 12.7. The maximum absolute atomic E-state index is 15.3. The Labute approximate surface area is 280 Å². The Hall–Kier alpha value is -3.20. The normalized spacial score (nSPS) is 21.3. The first kappa shape index (κ1) is 36.1. The molecule has 0 spiro atoms. The summed E-state index contributed by atoms with van der Waals surface area (Å²) in [5.41, 5.74) is 1.04. The first-order valence-corrected chi connectivity index (χ1v) is 17.5. The van der Waals surface area contributed by atoms with E-state index in [1.165, 1.54) is 12.1 Å². The van der Waals surface area contributed by atoms with Gasteiger partial charge in [-0.25, -0.2) is 17.6 Å². The zero-order chi connectivity index (χ0) is 34.2. The zero-order valence-corrected chi connectivity index (χ0v) is 27.9. The molecule has 3 aromatic rings. The number of unbranched alkanes of at least 4 members (excludes halogenated alkanes) is 2. The average molecular weight is 677 g/mol. The second kappa shape index (κ2) is 17.0. The maximum Gasteiger partial charge on any atom is 0.200 e. The van der Waals surface area contributed by atoms with Crippen LogP contribution >= 0.6 is 0 Å². The maximum atomic E-state index is 15.3. The third kappa shape index (κ3) is 8.32. The Balaban J connectivity index is 1.12. The van der Waals surface area contributed by atoms with Gasteiger partial charge in [0.05, 0.1) is 25.9 Å². The van der Waals surface area contributed by atoms with Crippen LogP contribution in [0.3, 0.4) is 0 Å². The van der Waals surface area contributed by atoms with E-state index in [2.05, 4.69) is 0 Å². The number of hydrogen-bond acceptors (Lipinski definition) is 3. The van der Waals surface area contributed by atoms with E-state index in [1.807, 2.05) is 13.8 Å². The molecule has 3 aromatic carbocycles. The monoisotopic (exact) mass is 676 g/mol. The molecule has 0 radical (unpaired) electrons. The van der Waals surface area contributed by atoms with Crippen molar-refractivity contribution in [3.05, 3.63) is 93.6 Å². The molecule has 2 saturated carbocycles. The minimum Gasteiger partial charge on any atom is -0.490 e. The molecule has 0 aliphatic heterocycles. The largest absolute Gasteiger partial charge is 0.490 e. The van der Waals surface area contributed by atoms with Gasteiger partial charge in [-0.2, -0.15) is 8.78 Å². The van der Waals surface area contributed by atoms with Gasteiger partial charge in [-0.1, -0.05) is 51.0 Å². The van der Waals surface area contributed by atoms with Gasteiger partial charge in [0.1, 0.15) is 0 Å². The lowest BCUT2D eigenvalue weighted by atomic mass is 9.75. The number of benzene rings is 3. The molecular formula is C39H46F6O3. The van der Waals surface area contributed by atoms with Gasteiger partial charge >= 0.3 is 0 Å². The molecule has 0 saturated heterocycles. The summed E-state index contributed by atoms with van der Waals surface area (Å²) in [5.74, 6) is -6.30. The van der Waals surface area contributed by atoms with E-state index in [1.54, 1.807) is 24.3 Å². The summed E-state index contributed by atoms with van der Waals surface area (Å²) < 4.78 is 106. The Bertz CT molecular complexity index is 1510. The number of hydrogen-bond donors (Lipinski definition) is 0. The van der Waals surface area contributed by atoms with Crippen LogP contribution in [-0.4, -0.2) is 19.3 Å². The van der Waals surface area contributed by atoms with E-state index < -0.39 is 34.9 Å². The minimum absolute atomic E-state index is 0.0729. The lowest BCUT2D eigenvalue weighted by Gasteiger charge is -2.30. The molecule has 2 aliphatic carbocycles. The first-order valence-electron chi connectivity index (χ1n) is 17.5. The topological polar surface area (TPSA) is 27.7 Å². The molecule has 0 bridgehead atoms. The molecule has 262 valence electrons. The molecule has 2 aliphatic rings. The van der Waals surface area contributed by atoms with Crippen molar-refractivity contribution in [3.63, 3.8) is 0 Å². The standard InChI is InChI=1S/C39H46F6O3/c1-3-5-21-46-32-19-17-30(36(42)38(32)44)25-9-7-24(8-10-25)29-16-13-27(34(40)35(29)41)23-48-28-14-11-26(12-15-28)31-18-20-33(39(45)37(31)43)47-22-6-4-2/h13,16-20,24-26,28H,3-12,14-15,21-23H2,1-2H3. The molecular weight excluding hydrogens is 630 g/mol. The summed E-state index contributed by atoms with van der Waals surface area (Å²) in [6, 6.07) is 9.29. The minimum atomic E-state index is -0.979. The molecule has 0 N–H and O–H groups in total. The van der Waals surface area contributed by atoms with Crippen molar-refractivity contribution in [2.75, 3.05) is 13.2 Å². The molecule has 48 heavy (non-hydrogen) atoms. The number of rotatable bonds is 14. The molecule has 5 rings (SSSR count). The second-order valence-electron chi connectivity index (χ2n) is 13.2. The van der Waals surface area contributed by atoms with Gasteiger partial charge in [-0.05, 0) is 111 Å². The summed E-state index contributed by atoms with van der Waals surface area (Å²) >= 11 is 0. The van der Waals surface area contributed by atoms with E-state index in [4.69, 9.17) is 14.2 Å². The van der Waals surface area contributed by atoms with Crippen LogP contribution < -0.4 is 9.47 Å². The van der Waals surface area contributed by atoms with Crippen molar-refractivity contribution in [1.82, 2.24) is 0 Å². The van der Waals surface area contributed by atoms with Crippen molar-refractivity contribution in [2.24, 2.45) is 0 Å². The summed E-state index contributed by atoms with van der Waals surface area (Å²) in [7, 11) is 0. The molecule has 0 amide bonds. The van der Waals surface area contributed by atoms with E-state index in [9.17, 15) is 17.6 Å². The molecule has 0 atom stereocenters. The van der Waals surface area contributed by atoms with E-state index in [0.717, 1.165) is 25.7 Å². The van der Waals surface area contributed by atoms with Crippen LogP contribution in [0.25, 0.3) is 0 Å². The molecule has 2 fully saturated rings. The molecule has 3 nitrogen and oxygen atoms in total. The average Bonchev–Trinajstić information content (AvgIpc) is 3.10. The predicted octanol–water partition coefficient (Wildman–Crippen LogP) is 11.6. The quantitative estimate of drug-likeness (QED) is 0.126. The van der Waals surface area contributed by atoms with Crippen molar-refractivity contribution in [2.45, 2.75) is 121 Å². The first-order chi connectivity index (χ1) is 23.2. The molecule has 9 heteroatoms. The highest BCUT2D eigenvalue weighted by Crippen LogP contribution is 2.43. The highest BCUT2D eigenvalue weighted by Gasteiger charge is 2.31. The van der Waals surface area contributed by atoms with Gasteiger partial charge in [0.15, 0.2) is 34.8 Å². The van der Waals surface area contributed by atoms with E-state index >= 15 is 8.78 Å². The number of halogens is 6. The summed E-state index contributed by atoms with van der Waals surface area (Å²) in [5, 5.41) is 0. The zero-order valence-electron chi connectivity index (χ0n) is 27.9. The Morgan fingerprint density at radius 3 is 1.33 bits per heavy atom. The SMILES string of the molecule is CCCCOc1ccc(C2CCC(OCc3ccc(C4CCC(c5ccc(OCCCC)c(F)c5F)CC4)c(F)c3F)CC2)c(F)c1F. The summed E-state index contributed by atoms with van der Waals surface area (Å²) in [4.78, 5) is 0. The molecule has 0 unspecified atom stereocenters. The van der Waals surface area contributed by atoms with Gasteiger partial charge in [0.25, 0.3) is 0 Å². The van der Waals surface area contributed by atoms with Gasteiger partial charge in [-0.15, -0.1) is 0 Å². The third-order valence-corrected chi connectivity index (χ3v) is 10.1.